The fraction of sp³-hybridized carbons (Fsp3) is 0.0909. The average molecular weight is 426 g/mol. The first-order valence-electron chi connectivity index (χ1n) is 8.40. The number of rotatable bonds is 6. The molecule has 0 aromatic heterocycles. The first-order valence-corrected chi connectivity index (χ1v) is 9.19. The summed E-state index contributed by atoms with van der Waals surface area (Å²) >= 11 is 3.21. The van der Waals surface area contributed by atoms with Crippen molar-refractivity contribution in [3.63, 3.8) is 0 Å². The van der Waals surface area contributed by atoms with Crippen molar-refractivity contribution in [1.82, 2.24) is 0 Å². The molecule has 3 nitrogen and oxygen atoms in total. The fourth-order valence-corrected chi connectivity index (χ4v) is 3.08. The molecule has 3 aromatic rings. The molecule has 5 heteroatoms. The second-order valence-corrected chi connectivity index (χ2v) is 6.92. The summed E-state index contributed by atoms with van der Waals surface area (Å²) in [6.45, 7) is 0. The standard InChI is InChI=1S/C22H17BrFNO2/c23-18-12-11-17(19(24)14-18)13-20(22(26)27)25-21(15-7-3-1-4-8-15)16-9-5-2-6-10-16/h1-12,14,20H,13H2,(H,26,27). The Morgan fingerprint density at radius 2 is 1.52 bits per heavy atom. The van der Waals surface area contributed by atoms with Crippen LogP contribution in [0.4, 0.5) is 4.39 Å². The van der Waals surface area contributed by atoms with Crippen LogP contribution in [0.25, 0.3) is 0 Å². The number of nitrogens with zero attached hydrogens (tertiary/aromatic N) is 1. The van der Waals surface area contributed by atoms with Crippen molar-refractivity contribution in [2.24, 2.45) is 4.99 Å². The maximum absolute atomic E-state index is 14.2. The zero-order valence-corrected chi connectivity index (χ0v) is 15.9. The van der Waals surface area contributed by atoms with Crippen LogP contribution in [0.15, 0.2) is 88.3 Å². The summed E-state index contributed by atoms with van der Waals surface area (Å²) in [5, 5.41) is 9.68. The van der Waals surface area contributed by atoms with E-state index in [-0.39, 0.29) is 6.42 Å². The summed E-state index contributed by atoms with van der Waals surface area (Å²) in [4.78, 5) is 16.4. The van der Waals surface area contributed by atoms with Crippen molar-refractivity contribution in [2.75, 3.05) is 0 Å². The van der Waals surface area contributed by atoms with Gasteiger partial charge in [0, 0.05) is 22.0 Å². The number of aliphatic imine (C=N–C) groups is 1. The van der Waals surface area contributed by atoms with E-state index >= 15 is 0 Å². The molecule has 3 aromatic carbocycles. The fourth-order valence-electron chi connectivity index (χ4n) is 2.75. The van der Waals surface area contributed by atoms with E-state index in [1.165, 1.54) is 6.07 Å². The van der Waals surface area contributed by atoms with E-state index in [1.807, 2.05) is 60.7 Å². The third-order valence-electron chi connectivity index (χ3n) is 4.09. The van der Waals surface area contributed by atoms with Gasteiger partial charge in [0.05, 0.1) is 5.71 Å². The van der Waals surface area contributed by atoms with E-state index < -0.39 is 17.8 Å². The SMILES string of the molecule is O=C(O)C(Cc1ccc(Br)cc1F)N=C(c1ccccc1)c1ccccc1. The number of aliphatic carboxylic acids is 1. The predicted octanol–water partition coefficient (Wildman–Crippen LogP) is 5.12. The zero-order valence-electron chi connectivity index (χ0n) is 14.3. The minimum atomic E-state index is -1.10. The van der Waals surface area contributed by atoms with Gasteiger partial charge in [-0.25, -0.2) is 9.18 Å². The van der Waals surface area contributed by atoms with Crippen LogP contribution in [0.2, 0.25) is 0 Å². The molecule has 0 amide bonds. The number of hydrogen-bond acceptors (Lipinski definition) is 2. The lowest BCUT2D eigenvalue weighted by Gasteiger charge is -2.13. The van der Waals surface area contributed by atoms with Gasteiger partial charge in [0.1, 0.15) is 5.82 Å². The molecule has 1 unspecified atom stereocenters. The summed E-state index contributed by atoms with van der Waals surface area (Å²) in [6, 6.07) is 22.3. The van der Waals surface area contributed by atoms with E-state index in [2.05, 4.69) is 20.9 Å². The van der Waals surface area contributed by atoms with E-state index in [9.17, 15) is 14.3 Å². The Kier molecular flexibility index (Phi) is 6.14. The van der Waals surface area contributed by atoms with Gasteiger partial charge in [-0.2, -0.15) is 0 Å². The molecule has 136 valence electrons. The number of carboxylic acids is 1. The molecule has 0 fully saturated rings. The third kappa shape index (κ3) is 4.89. The van der Waals surface area contributed by atoms with Crippen molar-refractivity contribution in [1.29, 1.82) is 0 Å². The molecule has 0 aliphatic carbocycles. The molecule has 0 radical (unpaired) electrons. The van der Waals surface area contributed by atoms with Crippen LogP contribution >= 0.6 is 15.9 Å². The molecule has 27 heavy (non-hydrogen) atoms. The lowest BCUT2D eigenvalue weighted by atomic mass is 10.0. The molecule has 0 heterocycles. The van der Waals surface area contributed by atoms with Crippen molar-refractivity contribution < 1.29 is 14.3 Å². The zero-order chi connectivity index (χ0) is 19.2. The summed E-state index contributed by atoms with van der Waals surface area (Å²) < 4.78 is 14.8. The maximum atomic E-state index is 14.2. The first-order chi connectivity index (χ1) is 13.0. The van der Waals surface area contributed by atoms with Crippen LogP contribution < -0.4 is 0 Å². The number of carbonyl (C=O) groups is 1. The van der Waals surface area contributed by atoms with Crippen molar-refractivity contribution >= 4 is 27.6 Å². The largest absolute Gasteiger partial charge is 0.480 e. The highest BCUT2D eigenvalue weighted by molar-refractivity contribution is 9.10. The van der Waals surface area contributed by atoms with Gasteiger partial charge in [0.15, 0.2) is 6.04 Å². The van der Waals surface area contributed by atoms with Gasteiger partial charge >= 0.3 is 5.97 Å². The summed E-state index contributed by atoms with van der Waals surface area (Å²) in [5.74, 6) is -1.55. The molecule has 0 saturated carbocycles. The van der Waals surface area contributed by atoms with Gasteiger partial charge in [-0.15, -0.1) is 0 Å². The normalized spacial score (nSPS) is 11.6. The van der Waals surface area contributed by atoms with Crippen LogP contribution in [0.3, 0.4) is 0 Å². The lowest BCUT2D eigenvalue weighted by molar-refractivity contribution is -0.138. The lowest BCUT2D eigenvalue weighted by Crippen LogP contribution is -2.24. The summed E-state index contributed by atoms with van der Waals surface area (Å²) in [7, 11) is 0. The average Bonchev–Trinajstić information content (AvgIpc) is 2.68. The highest BCUT2D eigenvalue weighted by atomic mass is 79.9. The smallest absolute Gasteiger partial charge is 0.328 e. The molecule has 0 bridgehead atoms. The molecule has 0 spiro atoms. The van der Waals surface area contributed by atoms with E-state index in [0.717, 1.165) is 11.1 Å². The van der Waals surface area contributed by atoms with Crippen molar-refractivity contribution in [3.05, 3.63) is 106 Å². The molecule has 0 aliphatic rings. The molecule has 1 N–H and O–H groups in total. The molecule has 0 saturated heterocycles. The molecule has 1 atom stereocenters. The van der Waals surface area contributed by atoms with Crippen LogP contribution in [0.5, 0.6) is 0 Å². The Hall–Kier alpha value is -2.79. The Balaban J connectivity index is 2.03. The highest BCUT2D eigenvalue weighted by Crippen LogP contribution is 2.19. The Morgan fingerprint density at radius 3 is 2.00 bits per heavy atom. The quantitative estimate of drug-likeness (QED) is 0.557. The molecular weight excluding hydrogens is 409 g/mol. The number of hydrogen-bond donors (Lipinski definition) is 1. The summed E-state index contributed by atoms with van der Waals surface area (Å²) in [6.07, 6.45) is -0.0301. The number of carboxylic acid groups (broad SMARTS) is 1. The van der Waals surface area contributed by atoms with Crippen LogP contribution in [0.1, 0.15) is 16.7 Å². The van der Waals surface area contributed by atoms with Gasteiger partial charge in [-0.05, 0) is 17.7 Å². The van der Waals surface area contributed by atoms with E-state index in [1.54, 1.807) is 12.1 Å². The monoisotopic (exact) mass is 425 g/mol. The van der Waals surface area contributed by atoms with E-state index in [0.29, 0.717) is 15.7 Å². The van der Waals surface area contributed by atoms with Gasteiger partial charge in [-0.3, -0.25) is 4.99 Å². The van der Waals surface area contributed by atoms with Crippen molar-refractivity contribution in [2.45, 2.75) is 12.5 Å². The van der Waals surface area contributed by atoms with Crippen molar-refractivity contribution in [3.8, 4) is 0 Å². The van der Waals surface area contributed by atoms with Gasteiger partial charge in [0.25, 0.3) is 0 Å². The van der Waals surface area contributed by atoms with Gasteiger partial charge < -0.3 is 5.11 Å². The maximum Gasteiger partial charge on any atom is 0.328 e. The van der Waals surface area contributed by atoms with Gasteiger partial charge in [-0.1, -0.05) is 82.7 Å². The second-order valence-electron chi connectivity index (χ2n) is 6.00. The van der Waals surface area contributed by atoms with Crippen LogP contribution in [-0.4, -0.2) is 22.8 Å². The minimum absolute atomic E-state index is 0.0301. The Morgan fingerprint density at radius 1 is 0.963 bits per heavy atom. The number of halogens is 2. The highest BCUT2D eigenvalue weighted by Gasteiger charge is 2.21. The topological polar surface area (TPSA) is 49.7 Å². The Labute approximate surface area is 165 Å². The Bertz CT molecular complexity index is 917. The van der Waals surface area contributed by atoms with Gasteiger partial charge in [0.2, 0.25) is 0 Å². The van der Waals surface area contributed by atoms with Crippen LogP contribution in [-0.2, 0) is 11.2 Å². The second kappa shape index (κ2) is 8.73. The predicted molar refractivity (Wildman–Crippen MR) is 108 cm³/mol. The number of benzene rings is 3. The molecule has 3 rings (SSSR count). The molecule has 0 aliphatic heterocycles. The minimum Gasteiger partial charge on any atom is -0.480 e. The molecular formula is C22H17BrFNO2. The van der Waals surface area contributed by atoms with Crippen LogP contribution in [0, 0.1) is 5.82 Å². The third-order valence-corrected chi connectivity index (χ3v) is 4.59. The summed E-state index contributed by atoms with van der Waals surface area (Å²) in [5.41, 5.74) is 2.51. The first kappa shape index (κ1) is 19.0. The van der Waals surface area contributed by atoms with E-state index in [4.69, 9.17) is 0 Å².